The summed E-state index contributed by atoms with van der Waals surface area (Å²) >= 11 is 0. The third kappa shape index (κ3) is 7.98. The minimum atomic E-state index is 0.127. The van der Waals surface area contributed by atoms with Crippen LogP contribution in [0.3, 0.4) is 0 Å². The molecule has 2 aliphatic rings. The molecule has 2 fully saturated rings. The molecule has 0 bridgehead atoms. The third-order valence-corrected chi connectivity index (χ3v) is 11.1. The number of rotatable bonds is 8. The van der Waals surface area contributed by atoms with Gasteiger partial charge in [-0.15, -0.1) is 0 Å². The Balaban J connectivity index is 0.904. The fourth-order valence-electron chi connectivity index (χ4n) is 7.25. The highest BCUT2D eigenvalue weighted by atomic mass is 16.2. The lowest BCUT2D eigenvalue weighted by Crippen LogP contribution is -2.50. The smallest absolute Gasteiger partial charge is 0.253 e. The maximum Gasteiger partial charge on any atom is 0.253 e. The van der Waals surface area contributed by atoms with E-state index < -0.39 is 0 Å². The van der Waals surface area contributed by atoms with E-state index in [1.165, 1.54) is 44.5 Å². The predicted octanol–water partition coefficient (Wildman–Crippen LogP) is 7.48. The lowest BCUT2D eigenvalue weighted by atomic mass is 9.96. The molecule has 0 N–H and O–H groups in total. The number of amides is 2. The number of hydrogen-bond acceptors (Lipinski definition) is 4. The van der Waals surface area contributed by atoms with E-state index in [1.807, 2.05) is 34.1 Å². The Labute approximate surface area is 293 Å². The Morgan fingerprint density at radius 1 is 0.449 bits per heavy atom. The molecule has 2 heterocycles. The van der Waals surface area contributed by atoms with Crippen LogP contribution >= 0.6 is 0 Å². The average Bonchev–Trinajstić information content (AvgIpc) is 3.12. The average molecular weight is 657 g/mol. The van der Waals surface area contributed by atoms with Crippen molar-refractivity contribution in [1.82, 2.24) is 19.6 Å². The van der Waals surface area contributed by atoms with Crippen molar-refractivity contribution in [2.45, 2.75) is 48.0 Å². The van der Waals surface area contributed by atoms with E-state index in [9.17, 15) is 9.59 Å². The first-order chi connectivity index (χ1) is 23.6. The fraction of sp³-hybridized carbons (Fsp3) is 0.395. The monoisotopic (exact) mass is 656 g/mol. The largest absolute Gasteiger partial charge is 0.336 e. The molecule has 0 radical (unpaired) electrons. The van der Waals surface area contributed by atoms with Crippen LogP contribution in [0, 0.1) is 41.5 Å². The van der Waals surface area contributed by atoms with Gasteiger partial charge in [0.1, 0.15) is 0 Å². The van der Waals surface area contributed by atoms with Crippen LogP contribution in [0.4, 0.5) is 0 Å². The van der Waals surface area contributed by atoms with Gasteiger partial charge in [0, 0.05) is 63.5 Å². The SMILES string of the molecule is Cc1cc(-c2ccc(C(=O)N3CCN(CCCN4CCN(C(=O)c5ccc(-c6cc(C)c(C)c(C)c6)cc5)CC4)CC3)cc2)cc(C)c1C. The molecule has 0 atom stereocenters. The van der Waals surface area contributed by atoms with Crippen molar-refractivity contribution < 1.29 is 9.59 Å². The molecule has 0 aliphatic carbocycles. The van der Waals surface area contributed by atoms with Gasteiger partial charge >= 0.3 is 0 Å². The normalized spacial score (nSPS) is 15.9. The molecular weight excluding hydrogens is 604 g/mol. The second-order valence-electron chi connectivity index (χ2n) is 14.2. The summed E-state index contributed by atoms with van der Waals surface area (Å²) in [7, 11) is 0. The van der Waals surface area contributed by atoms with Gasteiger partial charge < -0.3 is 9.80 Å². The predicted molar refractivity (Wildman–Crippen MR) is 201 cm³/mol. The standard InChI is InChI=1S/C43H52N4O2/c1-30-26-40(27-31(2)34(30)5)36-8-12-38(13-9-36)42(48)46-22-18-44(19-23-46)16-7-17-45-20-24-47(25-21-45)43(49)39-14-10-37(11-15-39)41-28-32(3)35(6)33(4)29-41/h8-15,26-29H,7,16-25H2,1-6H3. The van der Waals surface area contributed by atoms with E-state index in [-0.39, 0.29) is 11.8 Å². The highest BCUT2D eigenvalue weighted by Gasteiger charge is 2.24. The van der Waals surface area contributed by atoms with Gasteiger partial charge in [0.15, 0.2) is 0 Å². The Hall–Kier alpha value is -4.26. The topological polar surface area (TPSA) is 47.1 Å². The molecule has 6 nitrogen and oxygen atoms in total. The van der Waals surface area contributed by atoms with Crippen LogP contribution in [-0.2, 0) is 0 Å². The van der Waals surface area contributed by atoms with Crippen LogP contribution in [0.2, 0.25) is 0 Å². The first kappa shape index (κ1) is 34.6. The van der Waals surface area contributed by atoms with Gasteiger partial charge in [-0.25, -0.2) is 0 Å². The Kier molecular flexibility index (Phi) is 10.7. The van der Waals surface area contributed by atoms with Gasteiger partial charge in [-0.05, 0) is 141 Å². The fourth-order valence-corrected chi connectivity index (χ4v) is 7.25. The molecule has 0 spiro atoms. The summed E-state index contributed by atoms with van der Waals surface area (Å²) in [4.78, 5) is 35.5. The van der Waals surface area contributed by atoms with Crippen LogP contribution in [-0.4, -0.2) is 96.9 Å². The van der Waals surface area contributed by atoms with Crippen molar-refractivity contribution >= 4 is 11.8 Å². The molecule has 256 valence electrons. The van der Waals surface area contributed by atoms with E-state index >= 15 is 0 Å². The van der Waals surface area contributed by atoms with E-state index in [0.717, 1.165) is 94.1 Å². The van der Waals surface area contributed by atoms with Crippen molar-refractivity contribution in [3.05, 3.63) is 117 Å². The van der Waals surface area contributed by atoms with Gasteiger partial charge in [0.25, 0.3) is 11.8 Å². The molecule has 0 unspecified atom stereocenters. The summed E-state index contributed by atoms with van der Waals surface area (Å²) in [5, 5.41) is 0. The number of benzene rings is 4. The molecule has 2 aliphatic heterocycles. The van der Waals surface area contributed by atoms with Gasteiger partial charge in [-0.2, -0.15) is 0 Å². The van der Waals surface area contributed by atoms with Gasteiger partial charge in [-0.1, -0.05) is 48.5 Å². The number of piperazine rings is 2. The quantitative estimate of drug-likeness (QED) is 0.197. The molecule has 4 aromatic rings. The van der Waals surface area contributed by atoms with E-state index in [1.54, 1.807) is 0 Å². The maximum absolute atomic E-state index is 13.3. The lowest BCUT2D eigenvalue weighted by Gasteiger charge is -2.37. The van der Waals surface area contributed by atoms with Crippen molar-refractivity contribution in [2.75, 3.05) is 65.4 Å². The zero-order valence-corrected chi connectivity index (χ0v) is 30.3. The van der Waals surface area contributed by atoms with Crippen molar-refractivity contribution in [3.8, 4) is 22.3 Å². The minimum Gasteiger partial charge on any atom is -0.336 e. The number of hydrogen-bond donors (Lipinski definition) is 0. The number of aryl methyl sites for hydroxylation is 4. The van der Waals surface area contributed by atoms with Gasteiger partial charge in [-0.3, -0.25) is 19.4 Å². The molecule has 4 aromatic carbocycles. The van der Waals surface area contributed by atoms with E-state index in [4.69, 9.17) is 0 Å². The zero-order valence-electron chi connectivity index (χ0n) is 30.3. The number of carbonyl (C=O) groups excluding carboxylic acids is 2. The minimum absolute atomic E-state index is 0.127. The van der Waals surface area contributed by atoms with Gasteiger partial charge in [0.2, 0.25) is 0 Å². The summed E-state index contributed by atoms with van der Waals surface area (Å²) in [6, 6.07) is 25.1. The Morgan fingerprint density at radius 3 is 1.06 bits per heavy atom. The highest BCUT2D eigenvalue weighted by molar-refractivity contribution is 5.95. The molecule has 2 saturated heterocycles. The summed E-state index contributed by atoms with van der Waals surface area (Å²) in [5.41, 5.74) is 14.1. The van der Waals surface area contributed by atoms with E-state index in [0.29, 0.717) is 0 Å². The van der Waals surface area contributed by atoms with Crippen molar-refractivity contribution in [3.63, 3.8) is 0 Å². The van der Waals surface area contributed by atoms with Crippen LogP contribution in [0.15, 0.2) is 72.8 Å². The van der Waals surface area contributed by atoms with Crippen LogP contribution in [0.1, 0.15) is 60.5 Å². The summed E-state index contributed by atoms with van der Waals surface area (Å²) < 4.78 is 0. The van der Waals surface area contributed by atoms with Gasteiger partial charge in [0.05, 0.1) is 0 Å². The van der Waals surface area contributed by atoms with Crippen LogP contribution in [0.25, 0.3) is 22.3 Å². The number of nitrogens with zero attached hydrogens (tertiary/aromatic N) is 4. The molecule has 6 rings (SSSR count). The first-order valence-corrected chi connectivity index (χ1v) is 18.0. The molecule has 0 aromatic heterocycles. The highest BCUT2D eigenvalue weighted by Crippen LogP contribution is 2.27. The summed E-state index contributed by atoms with van der Waals surface area (Å²) in [5.74, 6) is 0.254. The maximum atomic E-state index is 13.3. The van der Waals surface area contributed by atoms with Crippen LogP contribution < -0.4 is 0 Å². The Morgan fingerprint density at radius 2 is 0.755 bits per heavy atom. The molecule has 6 heteroatoms. The summed E-state index contributed by atoms with van der Waals surface area (Å²) in [6.07, 6.45) is 1.10. The first-order valence-electron chi connectivity index (χ1n) is 18.0. The molecule has 49 heavy (non-hydrogen) atoms. The van der Waals surface area contributed by atoms with Crippen LogP contribution in [0.5, 0.6) is 0 Å². The second kappa shape index (κ2) is 15.1. The lowest BCUT2D eigenvalue weighted by molar-refractivity contribution is 0.0606. The molecular formula is C43H52N4O2. The Bertz CT molecular complexity index is 1620. The summed E-state index contributed by atoms with van der Waals surface area (Å²) in [6.45, 7) is 21.7. The van der Waals surface area contributed by atoms with Crippen molar-refractivity contribution in [2.24, 2.45) is 0 Å². The zero-order chi connectivity index (χ0) is 34.7. The second-order valence-corrected chi connectivity index (χ2v) is 14.2. The van der Waals surface area contributed by atoms with E-state index in [2.05, 4.69) is 99.9 Å². The van der Waals surface area contributed by atoms with Crippen molar-refractivity contribution in [1.29, 1.82) is 0 Å². The molecule has 0 saturated carbocycles. The number of carbonyl (C=O) groups is 2. The molecule has 2 amide bonds. The third-order valence-electron chi connectivity index (χ3n) is 11.1.